The van der Waals surface area contributed by atoms with E-state index in [1.54, 1.807) is 6.20 Å². The number of nitrogens with zero attached hydrogens (tertiary/aromatic N) is 2. The van der Waals surface area contributed by atoms with E-state index in [-0.39, 0.29) is 17.4 Å². The van der Waals surface area contributed by atoms with Crippen LogP contribution < -0.4 is 5.56 Å². The van der Waals surface area contributed by atoms with Crippen LogP contribution >= 0.6 is 11.8 Å². The molecule has 0 amide bonds. The van der Waals surface area contributed by atoms with Gasteiger partial charge in [-0.05, 0) is 18.9 Å². The highest BCUT2D eigenvalue weighted by Gasteiger charge is 2.12. The summed E-state index contributed by atoms with van der Waals surface area (Å²) >= 11 is 1.06. The van der Waals surface area contributed by atoms with Crippen LogP contribution in [-0.2, 0) is 11.2 Å². The fourth-order valence-corrected chi connectivity index (χ4v) is 2.82. The monoisotopic (exact) mass is 304 g/mol. The van der Waals surface area contributed by atoms with Gasteiger partial charge < -0.3 is 9.67 Å². The van der Waals surface area contributed by atoms with Crippen LogP contribution in [0.1, 0.15) is 18.5 Å². The summed E-state index contributed by atoms with van der Waals surface area (Å²) in [4.78, 5) is 26.0. The second-order valence-electron chi connectivity index (χ2n) is 4.68. The number of aliphatic carboxylic acids is 1. The van der Waals surface area contributed by atoms with Gasteiger partial charge in [0, 0.05) is 18.3 Å². The van der Waals surface area contributed by atoms with Crippen LogP contribution in [0, 0.1) is 0 Å². The zero-order valence-corrected chi connectivity index (χ0v) is 12.4. The molecule has 0 aliphatic carbocycles. The Morgan fingerprint density at radius 2 is 2.05 bits per heavy atom. The van der Waals surface area contributed by atoms with Crippen molar-refractivity contribution in [2.75, 3.05) is 5.75 Å². The van der Waals surface area contributed by atoms with E-state index in [4.69, 9.17) is 5.11 Å². The average molecular weight is 304 g/mol. The van der Waals surface area contributed by atoms with Crippen molar-refractivity contribution in [2.24, 2.45) is 0 Å². The fraction of sp³-hybridized carbons (Fsp3) is 0.267. The Hall–Kier alpha value is -2.08. The van der Waals surface area contributed by atoms with Crippen LogP contribution in [0.25, 0.3) is 0 Å². The third kappa shape index (κ3) is 4.46. The first-order valence-corrected chi connectivity index (χ1v) is 7.52. The van der Waals surface area contributed by atoms with Gasteiger partial charge >= 0.3 is 5.97 Å². The second kappa shape index (κ2) is 7.08. The smallest absolute Gasteiger partial charge is 0.313 e. The zero-order valence-electron chi connectivity index (χ0n) is 11.6. The molecule has 21 heavy (non-hydrogen) atoms. The molecule has 0 radical (unpaired) electrons. The van der Waals surface area contributed by atoms with Crippen LogP contribution in [0.15, 0.2) is 52.5 Å². The molecule has 1 aromatic carbocycles. The summed E-state index contributed by atoms with van der Waals surface area (Å²) in [5.74, 6) is -1.05. The molecule has 0 saturated heterocycles. The second-order valence-corrected chi connectivity index (χ2v) is 5.62. The molecule has 0 bridgehead atoms. The molecule has 2 aromatic rings. The Bertz CT molecular complexity index is 670. The van der Waals surface area contributed by atoms with Crippen molar-refractivity contribution in [3.63, 3.8) is 0 Å². The van der Waals surface area contributed by atoms with Gasteiger partial charge in [0.05, 0.1) is 5.75 Å². The number of rotatable bonds is 6. The van der Waals surface area contributed by atoms with Crippen LogP contribution in [0.3, 0.4) is 0 Å². The first-order chi connectivity index (χ1) is 10.1. The molecule has 110 valence electrons. The van der Waals surface area contributed by atoms with Gasteiger partial charge in [-0.15, -0.1) is 0 Å². The zero-order chi connectivity index (χ0) is 15.2. The van der Waals surface area contributed by atoms with E-state index >= 15 is 0 Å². The lowest BCUT2D eigenvalue weighted by atomic mass is 10.1. The Balaban J connectivity index is 2.21. The third-order valence-corrected chi connectivity index (χ3v) is 3.93. The molecule has 0 aliphatic rings. The molecule has 0 fully saturated rings. The number of aromatic nitrogens is 2. The van der Waals surface area contributed by atoms with Gasteiger partial charge in [-0.3, -0.25) is 9.59 Å². The van der Waals surface area contributed by atoms with Crippen molar-refractivity contribution in [3.05, 3.63) is 58.5 Å². The maximum atomic E-state index is 11.4. The Kier molecular flexibility index (Phi) is 5.16. The highest BCUT2D eigenvalue weighted by molar-refractivity contribution is 7.99. The minimum absolute atomic E-state index is 0.0804. The molecule has 5 nitrogen and oxygen atoms in total. The van der Waals surface area contributed by atoms with Gasteiger partial charge in [0.2, 0.25) is 0 Å². The Morgan fingerprint density at radius 3 is 2.71 bits per heavy atom. The van der Waals surface area contributed by atoms with E-state index in [0.29, 0.717) is 5.16 Å². The average Bonchev–Trinajstić information content (AvgIpc) is 2.46. The number of hydrogen-bond donors (Lipinski definition) is 1. The quantitative estimate of drug-likeness (QED) is 0.654. The first kappa shape index (κ1) is 15.3. The van der Waals surface area contributed by atoms with Crippen LogP contribution in [-0.4, -0.2) is 26.4 Å². The topological polar surface area (TPSA) is 72.2 Å². The Labute approximate surface area is 126 Å². The maximum Gasteiger partial charge on any atom is 0.313 e. The molecule has 1 N–H and O–H groups in total. The van der Waals surface area contributed by atoms with E-state index in [9.17, 15) is 9.59 Å². The van der Waals surface area contributed by atoms with Crippen molar-refractivity contribution in [3.8, 4) is 0 Å². The molecule has 0 spiro atoms. The van der Waals surface area contributed by atoms with Gasteiger partial charge in [0.15, 0.2) is 5.16 Å². The van der Waals surface area contributed by atoms with Crippen molar-refractivity contribution < 1.29 is 9.90 Å². The van der Waals surface area contributed by atoms with Crippen LogP contribution in [0.2, 0.25) is 0 Å². The van der Waals surface area contributed by atoms with Crippen LogP contribution in [0.4, 0.5) is 0 Å². The summed E-state index contributed by atoms with van der Waals surface area (Å²) in [6.07, 6.45) is 2.46. The summed E-state index contributed by atoms with van der Waals surface area (Å²) in [6.45, 7) is 2.02. The number of benzene rings is 1. The number of thioether (sulfide) groups is 1. The standard InChI is InChI=1S/C15H16N2O3S/c1-11(9-12-5-3-2-4-6-12)17-8-7-13(18)16-15(17)21-10-14(19)20/h2-8,11H,9-10H2,1H3,(H,19,20). The van der Waals surface area contributed by atoms with Gasteiger partial charge in [-0.25, -0.2) is 0 Å². The van der Waals surface area contributed by atoms with Gasteiger partial charge in [0.25, 0.3) is 5.56 Å². The number of hydrogen-bond acceptors (Lipinski definition) is 4. The molecule has 1 heterocycles. The van der Waals surface area contributed by atoms with E-state index in [2.05, 4.69) is 4.98 Å². The number of carbonyl (C=O) groups is 1. The molecule has 6 heteroatoms. The SMILES string of the molecule is CC(Cc1ccccc1)n1ccc(=O)nc1SCC(=O)O. The summed E-state index contributed by atoms with van der Waals surface area (Å²) in [6, 6.07) is 11.5. The molecule has 1 atom stereocenters. The lowest BCUT2D eigenvalue weighted by molar-refractivity contribution is -0.133. The fourth-order valence-electron chi connectivity index (χ4n) is 2.02. The molecule has 0 saturated carbocycles. The number of carboxylic acid groups (broad SMARTS) is 1. The molecular weight excluding hydrogens is 288 g/mol. The highest BCUT2D eigenvalue weighted by atomic mass is 32.2. The van der Waals surface area contributed by atoms with Gasteiger partial charge in [0.1, 0.15) is 0 Å². The third-order valence-electron chi connectivity index (χ3n) is 2.98. The molecule has 1 unspecified atom stereocenters. The highest BCUT2D eigenvalue weighted by Crippen LogP contribution is 2.21. The minimum atomic E-state index is -0.930. The summed E-state index contributed by atoms with van der Waals surface area (Å²) in [7, 11) is 0. The first-order valence-electron chi connectivity index (χ1n) is 6.54. The van der Waals surface area contributed by atoms with Gasteiger partial charge in [-0.2, -0.15) is 4.98 Å². The largest absolute Gasteiger partial charge is 0.481 e. The van der Waals surface area contributed by atoms with Crippen molar-refractivity contribution in [2.45, 2.75) is 24.5 Å². The summed E-state index contributed by atoms with van der Waals surface area (Å²) in [5.41, 5.74) is 0.823. The minimum Gasteiger partial charge on any atom is -0.481 e. The van der Waals surface area contributed by atoms with E-state index in [0.717, 1.165) is 18.2 Å². The predicted molar refractivity (Wildman–Crippen MR) is 81.7 cm³/mol. The van der Waals surface area contributed by atoms with E-state index < -0.39 is 5.97 Å². The van der Waals surface area contributed by atoms with Gasteiger partial charge in [-0.1, -0.05) is 42.1 Å². The number of carboxylic acids is 1. The van der Waals surface area contributed by atoms with E-state index in [1.807, 2.05) is 41.8 Å². The normalized spacial score (nSPS) is 12.0. The van der Waals surface area contributed by atoms with E-state index in [1.165, 1.54) is 11.6 Å². The lowest BCUT2D eigenvalue weighted by Gasteiger charge is -2.18. The van der Waals surface area contributed by atoms with Crippen molar-refractivity contribution in [1.29, 1.82) is 0 Å². The van der Waals surface area contributed by atoms with Crippen LogP contribution in [0.5, 0.6) is 0 Å². The lowest BCUT2D eigenvalue weighted by Crippen LogP contribution is -2.18. The maximum absolute atomic E-state index is 11.4. The summed E-state index contributed by atoms with van der Waals surface area (Å²) in [5, 5.41) is 9.21. The molecule has 2 rings (SSSR count). The Morgan fingerprint density at radius 1 is 1.33 bits per heavy atom. The predicted octanol–water partition coefficient (Wildman–Crippen LogP) is 2.22. The van der Waals surface area contributed by atoms with Crippen molar-refractivity contribution in [1.82, 2.24) is 9.55 Å². The summed E-state index contributed by atoms with van der Waals surface area (Å²) < 4.78 is 1.85. The van der Waals surface area contributed by atoms with Crippen molar-refractivity contribution >= 4 is 17.7 Å². The molecular formula is C15H16N2O3S. The molecule has 0 aliphatic heterocycles. The molecule has 1 aromatic heterocycles.